The van der Waals surface area contributed by atoms with Gasteiger partial charge >= 0.3 is 0 Å². The van der Waals surface area contributed by atoms with Gasteiger partial charge in [0.15, 0.2) is 11.6 Å². The lowest BCUT2D eigenvalue weighted by molar-refractivity contribution is 0.289. The van der Waals surface area contributed by atoms with E-state index < -0.39 is 14.9 Å². The van der Waals surface area contributed by atoms with Crippen molar-refractivity contribution in [2.24, 2.45) is 0 Å². The van der Waals surface area contributed by atoms with Gasteiger partial charge < -0.3 is 4.74 Å². The molecule has 1 aromatic heterocycles. The van der Waals surface area contributed by atoms with Gasteiger partial charge in [0.1, 0.15) is 11.6 Å². The topological polar surface area (TPSA) is 56.3 Å². The quantitative estimate of drug-likeness (QED) is 0.803. The third kappa shape index (κ3) is 3.47. The van der Waals surface area contributed by atoms with Gasteiger partial charge in [0.05, 0.1) is 10.6 Å². The molecule has 0 radical (unpaired) electrons. The molecule has 108 valence electrons. The molecule has 0 saturated carbocycles. The summed E-state index contributed by atoms with van der Waals surface area (Å²) in [6.45, 7) is 3.95. The number of halogens is 2. The Bertz CT molecular complexity index is 724. The van der Waals surface area contributed by atoms with Crippen LogP contribution in [0, 0.1) is 19.7 Å². The van der Waals surface area contributed by atoms with Gasteiger partial charge in [0, 0.05) is 15.6 Å². The molecule has 0 amide bonds. The molecule has 2 aromatic rings. The molecule has 1 aromatic carbocycles. The van der Waals surface area contributed by atoms with Crippen LogP contribution in [0.2, 0.25) is 0 Å². The fourth-order valence-electron chi connectivity index (χ4n) is 1.49. The summed E-state index contributed by atoms with van der Waals surface area (Å²) in [7, 11) is 1.19. The number of hydrogen-bond acceptors (Lipinski definition) is 5. The Labute approximate surface area is 124 Å². The molecule has 0 fully saturated rings. The summed E-state index contributed by atoms with van der Waals surface area (Å²) in [5, 5.41) is 0.730. The fourth-order valence-corrected chi connectivity index (χ4v) is 3.10. The Kier molecular flexibility index (Phi) is 4.31. The highest BCUT2D eigenvalue weighted by atomic mass is 35.7. The molecule has 0 atom stereocenters. The Hall–Kier alpha value is -1.18. The molecule has 0 aliphatic heterocycles. The highest BCUT2D eigenvalue weighted by Gasteiger charge is 2.14. The first-order valence-corrected chi connectivity index (χ1v) is 8.70. The van der Waals surface area contributed by atoms with Crippen molar-refractivity contribution in [2.75, 3.05) is 0 Å². The maximum Gasteiger partial charge on any atom is 0.261 e. The molecular weight excluding hydrogens is 325 g/mol. The lowest BCUT2D eigenvalue weighted by Crippen LogP contribution is -1.99. The van der Waals surface area contributed by atoms with Crippen LogP contribution in [-0.4, -0.2) is 13.4 Å². The zero-order valence-corrected chi connectivity index (χ0v) is 13.1. The summed E-state index contributed by atoms with van der Waals surface area (Å²) >= 11 is 1.47. The second-order valence-corrected chi connectivity index (χ2v) is 7.92. The molecule has 1 heterocycles. The minimum absolute atomic E-state index is 0.0421. The molecule has 0 aliphatic carbocycles. The lowest BCUT2D eigenvalue weighted by Gasteiger charge is -2.06. The molecule has 0 N–H and O–H groups in total. The van der Waals surface area contributed by atoms with Crippen molar-refractivity contribution in [2.45, 2.75) is 25.3 Å². The molecule has 4 nitrogen and oxygen atoms in total. The Morgan fingerprint density at radius 1 is 1.40 bits per heavy atom. The van der Waals surface area contributed by atoms with Crippen LogP contribution >= 0.6 is 22.0 Å². The van der Waals surface area contributed by atoms with E-state index in [0.717, 1.165) is 21.6 Å². The van der Waals surface area contributed by atoms with E-state index in [0.29, 0.717) is 0 Å². The predicted molar refractivity (Wildman–Crippen MR) is 75.4 cm³/mol. The van der Waals surface area contributed by atoms with Crippen molar-refractivity contribution in [3.63, 3.8) is 0 Å². The molecule has 0 unspecified atom stereocenters. The van der Waals surface area contributed by atoms with Crippen molar-refractivity contribution in [1.82, 2.24) is 4.98 Å². The highest BCUT2D eigenvalue weighted by molar-refractivity contribution is 8.13. The summed E-state index contributed by atoms with van der Waals surface area (Å²) in [6.07, 6.45) is 0. The monoisotopic (exact) mass is 335 g/mol. The second-order valence-electron chi connectivity index (χ2n) is 4.07. The minimum Gasteiger partial charge on any atom is -0.483 e. The average Bonchev–Trinajstić information content (AvgIpc) is 2.66. The lowest BCUT2D eigenvalue weighted by atomic mass is 10.3. The molecule has 0 saturated heterocycles. The van der Waals surface area contributed by atoms with Crippen LogP contribution in [0.1, 0.15) is 15.6 Å². The first-order valence-electron chi connectivity index (χ1n) is 5.57. The van der Waals surface area contributed by atoms with Crippen molar-refractivity contribution < 1.29 is 17.5 Å². The van der Waals surface area contributed by atoms with Crippen molar-refractivity contribution in [3.05, 3.63) is 39.6 Å². The molecule has 0 bridgehead atoms. The van der Waals surface area contributed by atoms with E-state index in [-0.39, 0.29) is 17.3 Å². The van der Waals surface area contributed by atoms with E-state index in [1.807, 2.05) is 13.8 Å². The van der Waals surface area contributed by atoms with Gasteiger partial charge in [-0.25, -0.2) is 17.8 Å². The van der Waals surface area contributed by atoms with Crippen LogP contribution in [-0.2, 0) is 15.7 Å². The van der Waals surface area contributed by atoms with E-state index in [1.165, 1.54) is 23.5 Å². The normalized spacial score (nSPS) is 11.6. The molecule has 20 heavy (non-hydrogen) atoms. The van der Waals surface area contributed by atoms with Crippen LogP contribution in [0.3, 0.4) is 0 Å². The molecule has 2 rings (SSSR count). The second kappa shape index (κ2) is 5.67. The summed E-state index contributed by atoms with van der Waals surface area (Å²) in [6, 6.07) is 3.26. The molecule has 0 aliphatic rings. The summed E-state index contributed by atoms with van der Waals surface area (Å²) in [4.78, 5) is 5.04. The number of aryl methyl sites for hydroxylation is 2. The summed E-state index contributed by atoms with van der Waals surface area (Å²) in [5.74, 6) is -0.823. The summed E-state index contributed by atoms with van der Waals surface area (Å²) in [5.41, 5.74) is 0.914. The fraction of sp³-hybridized carbons (Fsp3) is 0.250. The molecule has 8 heteroatoms. The van der Waals surface area contributed by atoms with E-state index in [9.17, 15) is 12.8 Å². The Balaban J connectivity index is 2.14. The molecule has 0 spiro atoms. The van der Waals surface area contributed by atoms with E-state index >= 15 is 0 Å². The van der Waals surface area contributed by atoms with Crippen molar-refractivity contribution in [3.8, 4) is 5.75 Å². The zero-order valence-electron chi connectivity index (χ0n) is 10.7. The first kappa shape index (κ1) is 15.2. The maximum atomic E-state index is 13.7. The smallest absolute Gasteiger partial charge is 0.261 e. The number of thiazole rings is 1. The van der Waals surface area contributed by atoms with E-state index in [1.54, 1.807) is 0 Å². The van der Waals surface area contributed by atoms with Crippen molar-refractivity contribution >= 4 is 31.1 Å². The van der Waals surface area contributed by atoms with Crippen LogP contribution in [0.15, 0.2) is 23.1 Å². The number of nitrogens with zero attached hydrogens (tertiary/aromatic N) is 1. The number of rotatable bonds is 4. The summed E-state index contributed by atoms with van der Waals surface area (Å²) < 4.78 is 41.1. The number of hydrogen-bond donors (Lipinski definition) is 0. The number of aromatic nitrogens is 1. The van der Waals surface area contributed by atoms with Crippen LogP contribution in [0.5, 0.6) is 5.75 Å². The largest absolute Gasteiger partial charge is 0.483 e. The highest BCUT2D eigenvalue weighted by Crippen LogP contribution is 2.25. The third-order valence-corrected chi connectivity index (χ3v) is 5.01. The predicted octanol–water partition coefficient (Wildman–Crippen LogP) is 3.41. The first-order chi connectivity index (χ1) is 9.27. The van der Waals surface area contributed by atoms with Crippen LogP contribution < -0.4 is 4.74 Å². The van der Waals surface area contributed by atoms with Gasteiger partial charge in [-0.1, -0.05) is 0 Å². The van der Waals surface area contributed by atoms with E-state index in [4.69, 9.17) is 15.4 Å². The van der Waals surface area contributed by atoms with Gasteiger partial charge in [0.25, 0.3) is 9.05 Å². The average molecular weight is 336 g/mol. The third-order valence-electron chi connectivity index (χ3n) is 2.61. The maximum absolute atomic E-state index is 13.7. The zero-order chi connectivity index (χ0) is 14.9. The standard InChI is InChI=1S/C12H11ClFNO3S2/c1-7-8(2)19-12(15-7)6-18-11-4-3-9(5-10(11)14)20(13,16)17/h3-5H,6H2,1-2H3. The van der Waals surface area contributed by atoms with Crippen LogP contribution in [0.25, 0.3) is 0 Å². The van der Waals surface area contributed by atoms with Gasteiger partial charge in [0.2, 0.25) is 0 Å². The number of ether oxygens (including phenoxy) is 1. The van der Waals surface area contributed by atoms with Crippen LogP contribution in [0.4, 0.5) is 4.39 Å². The van der Waals surface area contributed by atoms with Crippen molar-refractivity contribution in [1.29, 1.82) is 0 Å². The van der Waals surface area contributed by atoms with Gasteiger partial charge in [-0.15, -0.1) is 11.3 Å². The Morgan fingerprint density at radius 3 is 2.60 bits per heavy atom. The van der Waals surface area contributed by atoms with Gasteiger partial charge in [-0.2, -0.15) is 0 Å². The number of benzene rings is 1. The molecular formula is C12H11ClFNO3S2. The van der Waals surface area contributed by atoms with Gasteiger partial charge in [-0.3, -0.25) is 0 Å². The minimum atomic E-state index is -3.95. The van der Waals surface area contributed by atoms with Gasteiger partial charge in [-0.05, 0) is 32.0 Å². The van der Waals surface area contributed by atoms with E-state index in [2.05, 4.69) is 4.98 Å². The Morgan fingerprint density at radius 2 is 2.10 bits per heavy atom. The SMILES string of the molecule is Cc1nc(COc2ccc(S(=O)(=O)Cl)cc2F)sc1C.